The molecule has 0 unspecified atom stereocenters. The molecule has 1 aliphatic heterocycles. The van der Waals surface area contributed by atoms with Gasteiger partial charge in [-0.1, -0.05) is 22.0 Å². The van der Waals surface area contributed by atoms with E-state index in [4.69, 9.17) is 0 Å². The Morgan fingerprint density at radius 2 is 1.88 bits per heavy atom. The van der Waals surface area contributed by atoms with Crippen LogP contribution in [0, 0.1) is 0 Å². The van der Waals surface area contributed by atoms with Gasteiger partial charge in [0.05, 0.1) is 10.9 Å². The zero-order valence-corrected chi connectivity index (χ0v) is 15.5. The van der Waals surface area contributed by atoms with Gasteiger partial charge in [-0.3, -0.25) is 9.36 Å². The van der Waals surface area contributed by atoms with Crippen LogP contribution in [-0.2, 0) is 13.0 Å². The van der Waals surface area contributed by atoms with E-state index in [0.29, 0.717) is 28.8 Å². The maximum atomic E-state index is 12.7. The van der Waals surface area contributed by atoms with E-state index in [9.17, 15) is 9.59 Å². The molecule has 7 heteroatoms. The molecule has 0 fully saturated rings. The lowest BCUT2D eigenvalue weighted by Gasteiger charge is -2.18. The number of halogens is 1. The predicted octanol–water partition coefficient (Wildman–Crippen LogP) is 4.14. The zero-order valence-electron chi connectivity index (χ0n) is 14.0. The van der Waals surface area contributed by atoms with Gasteiger partial charge in [0.1, 0.15) is 5.82 Å². The highest BCUT2D eigenvalue weighted by Crippen LogP contribution is 2.19. The van der Waals surface area contributed by atoms with Crippen molar-refractivity contribution in [1.29, 1.82) is 0 Å². The Bertz CT molecular complexity index is 1060. The third-order valence-electron chi connectivity index (χ3n) is 4.41. The van der Waals surface area contributed by atoms with E-state index < -0.39 is 0 Å². The third-order valence-corrected chi connectivity index (χ3v) is 4.90. The number of urea groups is 1. The molecular weight excluding hydrogens is 396 g/mol. The Balaban J connectivity index is 1.60. The SMILES string of the molecule is O=C(Nc1cccc(Br)c1)Nc1ccc2nc3n(c(=O)c2c1)CCCC3. The topological polar surface area (TPSA) is 76.0 Å². The van der Waals surface area contributed by atoms with Gasteiger partial charge in [0.25, 0.3) is 5.56 Å². The summed E-state index contributed by atoms with van der Waals surface area (Å²) in [6, 6.07) is 12.2. The quantitative estimate of drug-likeness (QED) is 0.663. The molecule has 0 aliphatic carbocycles. The minimum absolute atomic E-state index is 0.0410. The molecule has 1 aliphatic rings. The fraction of sp³-hybridized carbons (Fsp3) is 0.211. The number of aromatic nitrogens is 2. The molecule has 2 N–H and O–H groups in total. The van der Waals surface area contributed by atoms with E-state index >= 15 is 0 Å². The van der Waals surface area contributed by atoms with Crippen LogP contribution in [0.4, 0.5) is 16.2 Å². The van der Waals surface area contributed by atoms with Crippen molar-refractivity contribution in [2.45, 2.75) is 25.8 Å². The van der Waals surface area contributed by atoms with Gasteiger partial charge in [0.2, 0.25) is 0 Å². The van der Waals surface area contributed by atoms with Crippen molar-refractivity contribution in [2.24, 2.45) is 0 Å². The number of hydrogen-bond donors (Lipinski definition) is 2. The first kappa shape index (κ1) is 16.8. The third kappa shape index (κ3) is 3.35. The van der Waals surface area contributed by atoms with E-state index in [1.54, 1.807) is 28.8 Å². The fourth-order valence-electron chi connectivity index (χ4n) is 3.18. The van der Waals surface area contributed by atoms with Crippen molar-refractivity contribution in [3.8, 4) is 0 Å². The monoisotopic (exact) mass is 412 g/mol. The number of fused-ring (bicyclic) bond motifs is 2. The molecule has 6 nitrogen and oxygen atoms in total. The summed E-state index contributed by atoms with van der Waals surface area (Å²) in [5, 5.41) is 6.06. The number of benzene rings is 2. The number of anilines is 2. The first-order valence-electron chi connectivity index (χ1n) is 8.47. The van der Waals surface area contributed by atoms with Gasteiger partial charge in [-0.15, -0.1) is 0 Å². The molecule has 1 aromatic heterocycles. The maximum Gasteiger partial charge on any atom is 0.323 e. The first-order valence-corrected chi connectivity index (χ1v) is 9.26. The minimum Gasteiger partial charge on any atom is -0.308 e. The smallest absolute Gasteiger partial charge is 0.308 e. The van der Waals surface area contributed by atoms with E-state index in [1.807, 2.05) is 18.2 Å². The van der Waals surface area contributed by atoms with Crippen LogP contribution in [0.1, 0.15) is 18.7 Å². The number of rotatable bonds is 2. The lowest BCUT2D eigenvalue weighted by atomic mass is 10.1. The average molecular weight is 413 g/mol. The molecule has 3 aromatic rings. The van der Waals surface area contributed by atoms with Crippen LogP contribution in [0.15, 0.2) is 51.7 Å². The van der Waals surface area contributed by atoms with Gasteiger partial charge < -0.3 is 10.6 Å². The summed E-state index contributed by atoms with van der Waals surface area (Å²) < 4.78 is 2.63. The van der Waals surface area contributed by atoms with Crippen LogP contribution in [0.25, 0.3) is 10.9 Å². The Hall–Kier alpha value is -2.67. The maximum absolute atomic E-state index is 12.7. The molecule has 2 heterocycles. The van der Waals surface area contributed by atoms with Crippen LogP contribution in [-0.4, -0.2) is 15.6 Å². The highest BCUT2D eigenvalue weighted by Gasteiger charge is 2.15. The first-order chi connectivity index (χ1) is 12.6. The largest absolute Gasteiger partial charge is 0.323 e. The Kier molecular flexibility index (Phi) is 4.46. The van der Waals surface area contributed by atoms with Crippen molar-refractivity contribution in [3.05, 3.63) is 63.1 Å². The van der Waals surface area contributed by atoms with E-state index in [2.05, 4.69) is 31.5 Å². The van der Waals surface area contributed by atoms with E-state index in [0.717, 1.165) is 29.6 Å². The molecule has 0 atom stereocenters. The summed E-state index contributed by atoms with van der Waals surface area (Å²) in [6.45, 7) is 0.706. The molecule has 2 amide bonds. The number of carbonyl (C=O) groups is 1. The summed E-state index contributed by atoms with van der Waals surface area (Å²) in [6.07, 6.45) is 2.89. The fourth-order valence-corrected chi connectivity index (χ4v) is 3.58. The summed E-state index contributed by atoms with van der Waals surface area (Å²) in [5.74, 6) is 0.849. The molecule has 132 valence electrons. The van der Waals surface area contributed by atoms with Crippen molar-refractivity contribution in [2.75, 3.05) is 10.6 Å². The van der Waals surface area contributed by atoms with Crippen molar-refractivity contribution in [3.63, 3.8) is 0 Å². The molecule has 0 spiro atoms. The van der Waals surface area contributed by atoms with Gasteiger partial charge in [0, 0.05) is 28.8 Å². The number of nitrogens with zero attached hydrogens (tertiary/aromatic N) is 2. The van der Waals surface area contributed by atoms with Crippen molar-refractivity contribution in [1.82, 2.24) is 9.55 Å². The normalized spacial score (nSPS) is 13.3. The summed E-state index contributed by atoms with van der Waals surface area (Å²) >= 11 is 3.37. The van der Waals surface area contributed by atoms with Gasteiger partial charge >= 0.3 is 6.03 Å². The van der Waals surface area contributed by atoms with Crippen LogP contribution >= 0.6 is 15.9 Å². The molecule has 0 saturated heterocycles. The number of amides is 2. The van der Waals surface area contributed by atoms with Crippen LogP contribution < -0.4 is 16.2 Å². The second kappa shape index (κ2) is 6.92. The molecule has 4 rings (SSSR count). The lowest BCUT2D eigenvalue weighted by molar-refractivity contribution is 0.262. The lowest BCUT2D eigenvalue weighted by Crippen LogP contribution is -2.28. The second-order valence-corrected chi connectivity index (χ2v) is 7.18. The van der Waals surface area contributed by atoms with Crippen molar-refractivity contribution < 1.29 is 4.79 Å². The van der Waals surface area contributed by atoms with Gasteiger partial charge in [-0.05, 0) is 49.2 Å². The molecular formula is C19H17BrN4O2. The minimum atomic E-state index is -0.367. The van der Waals surface area contributed by atoms with E-state index in [1.165, 1.54) is 0 Å². The number of hydrogen-bond acceptors (Lipinski definition) is 3. The van der Waals surface area contributed by atoms with E-state index in [-0.39, 0.29) is 11.6 Å². The van der Waals surface area contributed by atoms with Gasteiger partial charge in [-0.25, -0.2) is 9.78 Å². The van der Waals surface area contributed by atoms with Crippen LogP contribution in [0.3, 0.4) is 0 Å². The van der Waals surface area contributed by atoms with Crippen LogP contribution in [0.5, 0.6) is 0 Å². The number of aryl methyl sites for hydroxylation is 1. The molecule has 26 heavy (non-hydrogen) atoms. The molecule has 0 radical (unpaired) electrons. The Labute approximate surface area is 158 Å². The summed E-state index contributed by atoms with van der Waals surface area (Å²) in [4.78, 5) is 29.5. The van der Waals surface area contributed by atoms with Crippen molar-refractivity contribution >= 4 is 44.2 Å². The second-order valence-electron chi connectivity index (χ2n) is 6.26. The highest BCUT2D eigenvalue weighted by atomic mass is 79.9. The zero-order chi connectivity index (χ0) is 18.1. The number of carbonyl (C=O) groups excluding carboxylic acids is 1. The predicted molar refractivity (Wildman–Crippen MR) is 106 cm³/mol. The van der Waals surface area contributed by atoms with Gasteiger partial charge in [0.15, 0.2) is 0 Å². The molecule has 0 saturated carbocycles. The molecule has 0 bridgehead atoms. The van der Waals surface area contributed by atoms with Crippen LogP contribution in [0.2, 0.25) is 0 Å². The summed E-state index contributed by atoms with van der Waals surface area (Å²) in [7, 11) is 0. The summed E-state index contributed by atoms with van der Waals surface area (Å²) in [5.41, 5.74) is 1.86. The highest BCUT2D eigenvalue weighted by molar-refractivity contribution is 9.10. The molecule has 2 aromatic carbocycles. The Morgan fingerprint density at radius 1 is 1.08 bits per heavy atom. The standard InChI is InChI=1S/C19H17BrN4O2/c20-12-4-3-5-13(10-12)21-19(26)22-14-7-8-16-15(11-14)18(25)24-9-2-1-6-17(24)23-16/h3-5,7-8,10-11H,1-2,6,9H2,(H2,21,22,26). The number of nitrogens with one attached hydrogen (secondary N) is 2. The Morgan fingerprint density at radius 3 is 2.69 bits per heavy atom. The van der Waals surface area contributed by atoms with Gasteiger partial charge in [-0.2, -0.15) is 0 Å². The average Bonchev–Trinajstić information content (AvgIpc) is 2.62.